The van der Waals surface area contributed by atoms with Gasteiger partial charge in [0.1, 0.15) is 0 Å². The van der Waals surface area contributed by atoms with Crippen molar-refractivity contribution in [2.45, 2.75) is 18.9 Å². The zero-order valence-corrected chi connectivity index (χ0v) is 8.43. The number of carbonyl (C=O) groups excluding carboxylic acids is 2. The molecule has 13 heavy (non-hydrogen) atoms. The molecular formula is C7H14ClNO4. The molecule has 0 spiro atoms. The third-order valence-corrected chi connectivity index (χ3v) is 1.31. The van der Waals surface area contributed by atoms with Crippen molar-refractivity contribution in [3.63, 3.8) is 0 Å². The van der Waals surface area contributed by atoms with Crippen molar-refractivity contribution < 1.29 is 19.1 Å². The third kappa shape index (κ3) is 7.55. The Kier molecular flexibility index (Phi) is 8.84. The van der Waals surface area contributed by atoms with Crippen LogP contribution in [0.3, 0.4) is 0 Å². The first-order valence-electron chi connectivity index (χ1n) is 3.49. The van der Waals surface area contributed by atoms with Crippen LogP contribution in [-0.2, 0) is 19.1 Å². The summed E-state index contributed by atoms with van der Waals surface area (Å²) in [6.07, 6.45) is 0.0667. The van der Waals surface area contributed by atoms with Crippen molar-refractivity contribution >= 4 is 24.3 Å². The van der Waals surface area contributed by atoms with Crippen molar-refractivity contribution in [1.29, 1.82) is 0 Å². The van der Waals surface area contributed by atoms with Crippen molar-refractivity contribution in [1.82, 2.24) is 0 Å². The van der Waals surface area contributed by atoms with Crippen LogP contribution in [0, 0.1) is 0 Å². The highest BCUT2D eigenvalue weighted by Crippen LogP contribution is 1.97. The fourth-order valence-corrected chi connectivity index (χ4v) is 0.667. The van der Waals surface area contributed by atoms with E-state index in [4.69, 9.17) is 5.73 Å². The molecule has 0 atom stereocenters. The Morgan fingerprint density at radius 1 is 1.15 bits per heavy atom. The normalized spacial score (nSPS) is 8.92. The van der Waals surface area contributed by atoms with E-state index in [9.17, 15) is 9.59 Å². The summed E-state index contributed by atoms with van der Waals surface area (Å²) in [4.78, 5) is 21.3. The van der Waals surface area contributed by atoms with E-state index in [2.05, 4.69) is 9.47 Å². The Labute approximate surface area is 83.0 Å². The molecule has 0 unspecified atom stereocenters. The highest BCUT2D eigenvalue weighted by Gasteiger charge is 2.13. The fraction of sp³-hybridized carbons (Fsp3) is 0.714. The molecule has 0 bridgehead atoms. The van der Waals surface area contributed by atoms with Crippen LogP contribution in [0.1, 0.15) is 12.8 Å². The van der Waals surface area contributed by atoms with Gasteiger partial charge in [0.25, 0.3) is 0 Å². The van der Waals surface area contributed by atoms with E-state index < -0.39 is 18.0 Å². The van der Waals surface area contributed by atoms with Crippen LogP contribution in [0.5, 0.6) is 0 Å². The highest BCUT2D eigenvalue weighted by atomic mass is 35.5. The molecule has 0 heterocycles. The van der Waals surface area contributed by atoms with Gasteiger partial charge >= 0.3 is 11.9 Å². The number of ether oxygens (including phenoxy) is 2. The standard InChI is InChI=1S/C7H13NO4.ClH/c1-11-6(9)3-5(8)4-7(10)12-2;/h5H,3-4,8H2,1-2H3;1H. The zero-order chi connectivity index (χ0) is 9.56. The monoisotopic (exact) mass is 211 g/mol. The van der Waals surface area contributed by atoms with Gasteiger partial charge in [0.2, 0.25) is 0 Å². The SMILES string of the molecule is COC(=O)CC(N)CC(=O)OC.Cl. The lowest BCUT2D eigenvalue weighted by Gasteiger charge is -2.07. The quantitative estimate of drug-likeness (QED) is 0.655. The molecule has 0 saturated heterocycles. The van der Waals surface area contributed by atoms with Gasteiger partial charge < -0.3 is 15.2 Å². The van der Waals surface area contributed by atoms with Crippen LogP contribution in [0.25, 0.3) is 0 Å². The van der Waals surface area contributed by atoms with Gasteiger partial charge in [-0.2, -0.15) is 0 Å². The molecule has 5 nitrogen and oxygen atoms in total. The average Bonchev–Trinajstić information content (AvgIpc) is 2.03. The smallest absolute Gasteiger partial charge is 0.307 e. The molecule has 0 aromatic rings. The molecule has 6 heteroatoms. The third-order valence-electron chi connectivity index (χ3n) is 1.31. The number of hydrogen-bond acceptors (Lipinski definition) is 5. The molecule has 0 aliphatic heterocycles. The second-order valence-corrected chi connectivity index (χ2v) is 2.32. The molecule has 2 N–H and O–H groups in total. The first kappa shape index (κ1) is 14.7. The second-order valence-electron chi connectivity index (χ2n) is 2.32. The van der Waals surface area contributed by atoms with E-state index >= 15 is 0 Å². The van der Waals surface area contributed by atoms with Crippen molar-refractivity contribution in [3.8, 4) is 0 Å². The summed E-state index contributed by atoms with van der Waals surface area (Å²) in [5.41, 5.74) is 5.42. The fourth-order valence-electron chi connectivity index (χ4n) is 0.667. The maximum atomic E-state index is 10.6. The van der Waals surface area contributed by atoms with E-state index in [1.54, 1.807) is 0 Å². The summed E-state index contributed by atoms with van der Waals surface area (Å²) in [7, 11) is 2.54. The summed E-state index contributed by atoms with van der Waals surface area (Å²) in [5.74, 6) is -0.849. The number of hydrogen-bond donors (Lipinski definition) is 1. The molecule has 0 aromatic carbocycles. The van der Waals surface area contributed by atoms with Crippen LogP contribution in [0.4, 0.5) is 0 Å². The van der Waals surface area contributed by atoms with Gasteiger partial charge in [-0.1, -0.05) is 0 Å². The number of esters is 2. The van der Waals surface area contributed by atoms with Crippen LogP contribution in [-0.4, -0.2) is 32.2 Å². The number of carbonyl (C=O) groups is 2. The van der Waals surface area contributed by atoms with Crippen LogP contribution >= 0.6 is 12.4 Å². The summed E-state index contributed by atoms with van der Waals surface area (Å²) in [5, 5.41) is 0. The molecule has 0 saturated carbocycles. The Balaban J connectivity index is 0. The van der Waals surface area contributed by atoms with Gasteiger partial charge in [-0.05, 0) is 0 Å². The predicted octanol–water partition coefficient (Wildman–Crippen LogP) is -0.138. The lowest BCUT2D eigenvalue weighted by atomic mass is 10.1. The first-order chi connectivity index (χ1) is 5.60. The molecule has 0 aliphatic rings. The number of methoxy groups -OCH3 is 2. The molecule has 78 valence electrons. The van der Waals surface area contributed by atoms with Crippen LogP contribution in [0.15, 0.2) is 0 Å². The topological polar surface area (TPSA) is 78.6 Å². The first-order valence-corrected chi connectivity index (χ1v) is 3.49. The number of halogens is 1. The van der Waals surface area contributed by atoms with Gasteiger partial charge in [-0.25, -0.2) is 0 Å². The molecule has 0 aliphatic carbocycles. The molecule has 0 rings (SSSR count). The molecular weight excluding hydrogens is 198 g/mol. The van der Waals surface area contributed by atoms with E-state index in [-0.39, 0.29) is 25.2 Å². The zero-order valence-electron chi connectivity index (χ0n) is 7.61. The number of rotatable bonds is 4. The van der Waals surface area contributed by atoms with Crippen molar-refractivity contribution in [3.05, 3.63) is 0 Å². The van der Waals surface area contributed by atoms with E-state index in [0.29, 0.717) is 0 Å². The minimum Gasteiger partial charge on any atom is -0.469 e. The number of nitrogens with two attached hydrogens (primary N) is 1. The Bertz CT molecular complexity index is 156. The lowest BCUT2D eigenvalue weighted by molar-refractivity contribution is -0.142. The van der Waals surface area contributed by atoms with Crippen molar-refractivity contribution in [2.75, 3.05) is 14.2 Å². The lowest BCUT2D eigenvalue weighted by Crippen LogP contribution is -2.27. The summed E-state index contributed by atoms with van der Waals surface area (Å²) in [6.45, 7) is 0. The summed E-state index contributed by atoms with van der Waals surface area (Å²) in [6, 6.07) is -0.523. The van der Waals surface area contributed by atoms with E-state index in [1.165, 1.54) is 14.2 Å². The molecule has 0 radical (unpaired) electrons. The molecule has 0 amide bonds. The van der Waals surface area contributed by atoms with Gasteiger partial charge in [-0.3, -0.25) is 9.59 Å². The summed E-state index contributed by atoms with van der Waals surface area (Å²) >= 11 is 0. The maximum Gasteiger partial charge on any atom is 0.307 e. The van der Waals surface area contributed by atoms with Crippen LogP contribution in [0.2, 0.25) is 0 Å². The maximum absolute atomic E-state index is 10.6. The minimum atomic E-state index is -0.523. The minimum absolute atomic E-state index is 0. The van der Waals surface area contributed by atoms with Gasteiger partial charge in [-0.15, -0.1) is 12.4 Å². The van der Waals surface area contributed by atoms with E-state index in [1.807, 2.05) is 0 Å². The Morgan fingerprint density at radius 2 is 1.46 bits per heavy atom. The predicted molar refractivity (Wildman–Crippen MR) is 48.5 cm³/mol. The Morgan fingerprint density at radius 3 is 1.69 bits per heavy atom. The molecule has 0 aromatic heterocycles. The van der Waals surface area contributed by atoms with Gasteiger partial charge in [0, 0.05) is 6.04 Å². The second kappa shape index (κ2) is 7.82. The Hall–Kier alpha value is -0.810. The largest absolute Gasteiger partial charge is 0.469 e. The van der Waals surface area contributed by atoms with E-state index in [0.717, 1.165) is 0 Å². The van der Waals surface area contributed by atoms with Gasteiger partial charge in [0.05, 0.1) is 27.1 Å². The highest BCUT2D eigenvalue weighted by molar-refractivity contribution is 5.85. The average molecular weight is 212 g/mol. The van der Waals surface area contributed by atoms with Crippen LogP contribution < -0.4 is 5.73 Å². The summed E-state index contributed by atoms with van der Waals surface area (Å²) < 4.78 is 8.73. The van der Waals surface area contributed by atoms with Gasteiger partial charge in [0.15, 0.2) is 0 Å². The molecule has 0 fully saturated rings. The van der Waals surface area contributed by atoms with Crippen molar-refractivity contribution in [2.24, 2.45) is 5.73 Å².